The van der Waals surface area contributed by atoms with E-state index in [2.05, 4.69) is 10.1 Å². The number of alkyl halides is 2. The molecule has 1 atom stereocenters. The number of benzene rings is 3. The van der Waals surface area contributed by atoms with Crippen molar-refractivity contribution in [2.45, 2.75) is 25.0 Å². The maximum Gasteiger partial charge on any atom is 0.407 e. The molecule has 2 N–H and O–H groups in total. The van der Waals surface area contributed by atoms with Crippen molar-refractivity contribution < 1.29 is 37.7 Å². The molecule has 182 valence electrons. The number of halogens is 2. The number of ether oxygens (including phenoxy) is 3. The van der Waals surface area contributed by atoms with Gasteiger partial charge < -0.3 is 24.6 Å². The predicted octanol–water partition coefficient (Wildman–Crippen LogP) is 4.83. The van der Waals surface area contributed by atoms with Crippen LogP contribution in [0.1, 0.15) is 22.6 Å². The van der Waals surface area contributed by atoms with Gasteiger partial charge in [-0.3, -0.25) is 0 Å². The number of fused-ring (bicyclic) bond motifs is 3. The number of aliphatic carboxylic acids is 1. The van der Waals surface area contributed by atoms with Gasteiger partial charge in [0.05, 0.1) is 7.11 Å². The van der Waals surface area contributed by atoms with Crippen LogP contribution < -0.4 is 14.8 Å². The summed E-state index contributed by atoms with van der Waals surface area (Å²) < 4.78 is 40.2. The molecule has 1 aliphatic rings. The Morgan fingerprint density at radius 1 is 0.971 bits per heavy atom. The number of carboxylic acid groups (broad SMARTS) is 1. The van der Waals surface area contributed by atoms with Crippen molar-refractivity contribution in [3.63, 3.8) is 0 Å². The van der Waals surface area contributed by atoms with Crippen LogP contribution in [0.2, 0.25) is 0 Å². The normalized spacial score (nSPS) is 13.0. The Hall–Kier alpha value is -4.14. The minimum Gasteiger partial charge on any atom is -0.493 e. The van der Waals surface area contributed by atoms with Gasteiger partial charge in [0.15, 0.2) is 11.5 Å². The number of carbonyl (C=O) groups is 2. The minimum absolute atomic E-state index is 0.0289. The van der Waals surface area contributed by atoms with Gasteiger partial charge in [0, 0.05) is 12.3 Å². The number of methoxy groups -OCH3 is 1. The molecule has 0 spiro atoms. The van der Waals surface area contributed by atoms with Crippen LogP contribution in [0.15, 0.2) is 66.7 Å². The first-order valence-electron chi connectivity index (χ1n) is 10.8. The van der Waals surface area contributed by atoms with Crippen molar-refractivity contribution in [2.24, 2.45) is 0 Å². The van der Waals surface area contributed by atoms with E-state index in [1.165, 1.54) is 25.3 Å². The maximum atomic E-state index is 12.7. The Balaban J connectivity index is 1.43. The van der Waals surface area contributed by atoms with Gasteiger partial charge in [-0.2, -0.15) is 8.78 Å². The van der Waals surface area contributed by atoms with E-state index in [1.54, 1.807) is 0 Å². The second-order valence-corrected chi connectivity index (χ2v) is 7.93. The zero-order chi connectivity index (χ0) is 24.9. The third kappa shape index (κ3) is 5.34. The van der Waals surface area contributed by atoms with Crippen LogP contribution in [0.3, 0.4) is 0 Å². The number of carboxylic acids is 1. The van der Waals surface area contributed by atoms with E-state index in [4.69, 9.17) is 9.47 Å². The molecule has 4 rings (SSSR count). The summed E-state index contributed by atoms with van der Waals surface area (Å²) in [6.07, 6.45) is -1.07. The van der Waals surface area contributed by atoms with Gasteiger partial charge in [-0.1, -0.05) is 54.6 Å². The summed E-state index contributed by atoms with van der Waals surface area (Å²) in [6, 6.07) is 18.5. The van der Waals surface area contributed by atoms with Gasteiger partial charge in [-0.15, -0.1) is 0 Å². The molecule has 7 nitrogen and oxygen atoms in total. The molecule has 0 aromatic heterocycles. The lowest BCUT2D eigenvalue weighted by Crippen LogP contribution is -2.42. The lowest BCUT2D eigenvalue weighted by molar-refractivity contribution is -0.139. The number of hydrogen-bond donors (Lipinski definition) is 2. The molecule has 1 amide bonds. The van der Waals surface area contributed by atoms with E-state index in [0.29, 0.717) is 5.56 Å². The second kappa shape index (κ2) is 10.4. The minimum atomic E-state index is -3.08. The van der Waals surface area contributed by atoms with Crippen LogP contribution in [0.4, 0.5) is 13.6 Å². The third-order valence-corrected chi connectivity index (χ3v) is 5.82. The van der Waals surface area contributed by atoms with E-state index in [0.717, 1.165) is 22.3 Å². The highest BCUT2D eigenvalue weighted by Crippen LogP contribution is 2.44. The van der Waals surface area contributed by atoms with Gasteiger partial charge in [-0.25, -0.2) is 9.59 Å². The van der Waals surface area contributed by atoms with Crippen molar-refractivity contribution in [1.82, 2.24) is 5.32 Å². The fourth-order valence-corrected chi connectivity index (χ4v) is 4.25. The zero-order valence-corrected chi connectivity index (χ0v) is 18.7. The Morgan fingerprint density at radius 3 is 2.17 bits per heavy atom. The summed E-state index contributed by atoms with van der Waals surface area (Å²) in [5.41, 5.74) is 4.55. The lowest BCUT2D eigenvalue weighted by atomic mass is 9.98. The molecule has 3 aromatic rings. The SMILES string of the molecule is COc1ccc(CC(NC(=O)OCC2c3ccccc3-c3ccccc32)C(=O)O)cc1OC(F)F. The Morgan fingerprint density at radius 2 is 1.60 bits per heavy atom. The second-order valence-electron chi connectivity index (χ2n) is 7.93. The summed E-state index contributed by atoms with van der Waals surface area (Å²) in [5, 5.41) is 11.9. The molecule has 1 unspecified atom stereocenters. The maximum absolute atomic E-state index is 12.7. The highest BCUT2D eigenvalue weighted by atomic mass is 19.3. The highest BCUT2D eigenvalue weighted by Gasteiger charge is 2.30. The molecule has 0 saturated heterocycles. The van der Waals surface area contributed by atoms with Crippen LogP contribution in [0.5, 0.6) is 11.5 Å². The molecular formula is C26H23F2NO6. The van der Waals surface area contributed by atoms with Gasteiger partial charge in [0.2, 0.25) is 0 Å². The molecule has 35 heavy (non-hydrogen) atoms. The zero-order valence-electron chi connectivity index (χ0n) is 18.7. The summed E-state index contributed by atoms with van der Waals surface area (Å²) in [4.78, 5) is 24.3. The Bertz CT molecular complexity index is 1190. The van der Waals surface area contributed by atoms with Crippen LogP contribution in [-0.4, -0.2) is 43.5 Å². The van der Waals surface area contributed by atoms with Crippen molar-refractivity contribution in [3.05, 3.63) is 83.4 Å². The number of hydrogen-bond acceptors (Lipinski definition) is 5. The Kier molecular flexibility index (Phi) is 7.14. The average Bonchev–Trinajstić information content (AvgIpc) is 3.16. The van der Waals surface area contributed by atoms with Crippen LogP contribution in [0.25, 0.3) is 11.1 Å². The molecule has 0 aliphatic heterocycles. The van der Waals surface area contributed by atoms with Crippen molar-refractivity contribution >= 4 is 12.1 Å². The number of amides is 1. The van der Waals surface area contributed by atoms with E-state index in [-0.39, 0.29) is 30.4 Å². The number of carbonyl (C=O) groups excluding carboxylic acids is 1. The molecule has 1 aliphatic carbocycles. The molecule has 3 aromatic carbocycles. The monoisotopic (exact) mass is 483 g/mol. The summed E-state index contributed by atoms with van der Waals surface area (Å²) >= 11 is 0. The van der Waals surface area contributed by atoms with Gasteiger partial charge in [-0.05, 0) is 39.9 Å². The lowest BCUT2D eigenvalue weighted by Gasteiger charge is -2.18. The van der Waals surface area contributed by atoms with E-state index < -0.39 is 24.7 Å². The van der Waals surface area contributed by atoms with E-state index in [1.807, 2.05) is 48.5 Å². The van der Waals surface area contributed by atoms with Gasteiger partial charge >= 0.3 is 18.7 Å². The fourth-order valence-electron chi connectivity index (χ4n) is 4.25. The molecular weight excluding hydrogens is 460 g/mol. The fraction of sp³-hybridized carbons (Fsp3) is 0.231. The van der Waals surface area contributed by atoms with E-state index >= 15 is 0 Å². The largest absolute Gasteiger partial charge is 0.493 e. The third-order valence-electron chi connectivity index (χ3n) is 5.82. The summed E-state index contributed by atoms with van der Waals surface area (Å²) in [7, 11) is 1.30. The summed E-state index contributed by atoms with van der Waals surface area (Å²) in [5.74, 6) is -1.63. The van der Waals surface area contributed by atoms with Crippen LogP contribution in [-0.2, 0) is 16.0 Å². The topological polar surface area (TPSA) is 94.1 Å². The number of nitrogens with one attached hydrogen (secondary N) is 1. The molecule has 0 heterocycles. The van der Waals surface area contributed by atoms with Gasteiger partial charge in [0.1, 0.15) is 12.6 Å². The predicted molar refractivity (Wildman–Crippen MR) is 123 cm³/mol. The Labute approximate surface area is 200 Å². The first-order chi connectivity index (χ1) is 16.9. The smallest absolute Gasteiger partial charge is 0.407 e. The van der Waals surface area contributed by atoms with E-state index in [9.17, 15) is 23.5 Å². The first-order valence-corrected chi connectivity index (χ1v) is 10.8. The number of rotatable bonds is 9. The van der Waals surface area contributed by atoms with Crippen molar-refractivity contribution in [3.8, 4) is 22.6 Å². The average molecular weight is 483 g/mol. The van der Waals surface area contributed by atoms with Crippen LogP contribution >= 0.6 is 0 Å². The molecule has 9 heteroatoms. The standard InChI is InChI=1S/C26H23F2NO6/c1-33-22-11-10-15(13-23(22)35-25(27)28)12-21(24(30)31)29-26(32)34-14-20-18-8-4-2-6-16(18)17-7-3-5-9-19(17)20/h2-11,13,20-21,25H,12,14H2,1H3,(H,29,32)(H,30,31). The molecule has 0 saturated carbocycles. The van der Waals surface area contributed by atoms with Crippen molar-refractivity contribution in [1.29, 1.82) is 0 Å². The number of alkyl carbamates (subject to hydrolysis) is 1. The van der Waals surface area contributed by atoms with Crippen molar-refractivity contribution in [2.75, 3.05) is 13.7 Å². The molecule has 0 fully saturated rings. The quantitative estimate of drug-likeness (QED) is 0.453. The summed E-state index contributed by atoms with van der Waals surface area (Å²) in [6.45, 7) is -3.05. The molecule has 0 bridgehead atoms. The highest BCUT2D eigenvalue weighted by molar-refractivity contribution is 5.81. The van der Waals surface area contributed by atoms with Crippen LogP contribution in [0, 0.1) is 0 Å². The first kappa shape index (κ1) is 24.0. The van der Waals surface area contributed by atoms with Gasteiger partial charge in [0.25, 0.3) is 0 Å². The molecule has 0 radical (unpaired) electrons.